The second kappa shape index (κ2) is 5.17. The first-order chi connectivity index (χ1) is 9.56. The van der Waals surface area contributed by atoms with Crippen molar-refractivity contribution in [2.45, 2.75) is 0 Å². The third kappa shape index (κ3) is 2.33. The fourth-order valence-electron chi connectivity index (χ4n) is 2.11. The van der Waals surface area contributed by atoms with Crippen LogP contribution in [-0.2, 0) is 0 Å². The van der Waals surface area contributed by atoms with Crippen LogP contribution in [0, 0.1) is 0 Å². The zero-order chi connectivity index (χ0) is 14.3. The summed E-state index contributed by atoms with van der Waals surface area (Å²) in [6.45, 7) is 0.513. The highest BCUT2D eigenvalue weighted by Crippen LogP contribution is 2.43. The van der Waals surface area contributed by atoms with E-state index in [1.54, 1.807) is 36.5 Å². The minimum Gasteiger partial charge on any atom is -0.506 e. The summed E-state index contributed by atoms with van der Waals surface area (Å²) in [4.78, 5) is 6.18. The lowest BCUT2D eigenvalue weighted by molar-refractivity contribution is 0.476. The second-order valence-electron chi connectivity index (χ2n) is 4.31. The molecule has 2 aromatic rings. The van der Waals surface area contributed by atoms with Gasteiger partial charge in [0.05, 0.1) is 33.7 Å². The third-order valence-corrected chi connectivity index (χ3v) is 3.99. The number of aromatic hydroxyl groups is 1. The summed E-state index contributed by atoms with van der Waals surface area (Å²) in [5, 5.41) is 11.5. The third-order valence-electron chi connectivity index (χ3n) is 3.03. The summed E-state index contributed by atoms with van der Waals surface area (Å²) >= 11 is 18.1. The number of rotatable bonds is 1. The molecule has 0 fully saturated rings. The normalized spacial score (nSPS) is 13.4. The van der Waals surface area contributed by atoms with Crippen LogP contribution in [0.2, 0.25) is 15.1 Å². The molecule has 2 aromatic carbocycles. The lowest BCUT2D eigenvalue weighted by atomic mass is 10.1. The van der Waals surface area contributed by atoms with E-state index in [0.29, 0.717) is 33.0 Å². The fraction of sp³-hybridized carbons (Fsp3) is 0.0714. The molecule has 1 aliphatic rings. The second-order valence-corrected chi connectivity index (χ2v) is 5.56. The molecule has 6 heteroatoms. The molecule has 0 radical (unpaired) electrons. The molecule has 0 bridgehead atoms. The van der Waals surface area contributed by atoms with Crippen LogP contribution in [0.25, 0.3) is 0 Å². The van der Waals surface area contributed by atoms with Crippen LogP contribution in [-0.4, -0.2) is 17.9 Å². The highest BCUT2D eigenvalue weighted by molar-refractivity contribution is 6.42. The molecule has 1 N–H and O–H groups in total. The van der Waals surface area contributed by atoms with Gasteiger partial charge < -0.3 is 10.0 Å². The van der Waals surface area contributed by atoms with Crippen LogP contribution in [0.5, 0.6) is 5.75 Å². The van der Waals surface area contributed by atoms with E-state index in [1.807, 2.05) is 4.90 Å². The maximum atomic E-state index is 10.0. The van der Waals surface area contributed by atoms with Gasteiger partial charge in [0.1, 0.15) is 5.75 Å². The number of benzene rings is 2. The number of fused-ring (bicyclic) bond motifs is 1. The number of phenols is 1. The molecule has 0 amide bonds. The first-order valence-electron chi connectivity index (χ1n) is 5.84. The Balaban J connectivity index is 2.16. The Morgan fingerprint density at radius 3 is 2.55 bits per heavy atom. The fourth-order valence-corrected chi connectivity index (χ4v) is 2.59. The number of anilines is 2. The molecule has 1 heterocycles. The maximum Gasteiger partial charge on any atom is 0.139 e. The van der Waals surface area contributed by atoms with Crippen LogP contribution in [0.4, 0.5) is 17.1 Å². The molecular formula is C14H9Cl3N2O. The Labute approximate surface area is 131 Å². The zero-order valence-corrected chi connectivity index (χ0v) is 12.4. The van der Waals surface area contributed by atoms with E-state index in [-0.39, 0.29) is 5.75 Å². The van der Waals surface area contributed by atoms with Crippen molar-refractivity contribution < 1.29 is 5.11 Å². The summed E-state index contributed by atoms with van der Waals surface area (Å²) < 4.78 is 0. The van der Waals surface area contributed by atoms with Crippen molar-refractivity contribution in [3.63, 3.8) is 0 Å². The van der Waals surface area contributed by atoms with E-state index in [2.05, 4.69) is 4.99 Å². The van der Waals surface area contributed by atoms with Crippen molar-refractivity contribution in [3.05, 3.63) is 45.4 Å². The molecule has 1 aliphatic heterocycles. The topological polar surface area (TPSA) is 35.8 Å². The van der Waals surface area contributed by atoms with Gasteiger partial charge in [-0.25, -0.2) is 0 Å². The Morgan fingerprint density at radius 1 is 1.00 bits per heavy atom. The average Bonchev–Trinajstić information content (AvgIpc) is 2.42. The summed E-state index contributed by atoms with van der Waals surface area (Å²) in [5.74, 6) is 0.140. The van der Waals surface area contributed by atoms with Gasteiger partial charge in [-0.2, -0.15) is 0 Å². The monoisotopic (exact) mass is 326 g/mol. The maximum absolute atomic E-state index is 10.0. The van der Waals surface area contributed by atoms with Gasteiger partial charge >= 0.3 is 0 Å². The number of hydrogen-bond donors (Lipinski definition) is 1. The molecule has 0 atom stereocenters. The smallest absolute Gasteiger partial charge is 0.139 e. The Bertz CT molecular complexity index is 716. The molecule has 0 saturated heterocycles. The molecule has 0 unspecified atom stereocenters. The lowest BCUT2D eigenvalue weighted by Gasteiger charge is -2.28. The molecule has 0 aliphatic carbocycles. The minimum absolute atomic E-state index is 0.140. The quantitative estimate of drug-likeness (QED) is 0.780. The molecule has 3 rings (SSSR count). The summed E-state index contributed by atoms with van der Waals surface area (Å²) in [6.07, 6.45) is 1.74. The van der Waals surface area contributed by atoms with Gasteiger partial charge in [0, 0.05) is 11.2 Å². The number of halogens is 3. The van der Waals surface area contributed by atoms with Crippen LogP contribution in [0.15, 0.2) is 35.3 Å². The van der Waals surface area contributed by atoms with Crippen molar-refractivity contribution >= 4 is 58.1 Å². The van der Waals surface area contributed by atoms with E-state index < -0.39 is 0 Å². The average molecular weight is 328 g/mol. The zero-order valence-electron chi connectivity index (χ0n) is 10.1. The van der Waals surface area contributed by atoms with E-state index >= 15 is 0 Å². The van der Waals surface area contributed by atoms with Crippen molar-refractivity contribution in [1.29, 1.82) is 0 Å². The van der Waals surface area contributed by atoms with Gasteiger partial charge in [0.2, 0.25) is 0 Å². The Hall–Kier alpha value is -1.42. The summed E-state index contributed by atoms with van der Waals surface area (Å²) in [5.41, 5.74) is 2.08. The predicted octanol–water partition coefficient (Wildman–Crippen LogP) is 5.21. The highest BCUT2D eigenvalue weighted by atomic mass is 35.5. The molecule has 0 spiro atoms. The van der Waals surface area contributed by atoms with Gasteiger partial charge in [-0.05, 0) is 30.3 Å². The number of aliphatic imine (C=N–C) groups is 1. The number of nitrogens with zero attached hydrogens (tertiary/aromatic N) is 2. The molecule has 0 aromatic heterocycles. The molecular weight excluding hydrogens is 319 g/mol. The minimum atomic E-state index is 0.140. The first-order valence-corrected chi connectivity index (χ1v) is 6.97. The first kappa shape index (κ1) is 13.6. The van der Waals surface area contributed by atoms with Crippen molar-refractivity contribution in [3.8, 4) is 5.75 Å². The van der Waals surface area contributed by atoms with Gasteiger partial charge in [0.15, 0.2) is 0 Å². The van der Waals surface area contributed by atoms with Crippen molar-refractivity contribution in [2.24, 2.45) is 4.99 Å². The molecule has 102 valence electrons. The highest BCUT2D eigenvalue weighted by Gasteiger charge is 2.20. The van der Waals surface area contributed by atoms with Crippen LogP contribution >= 0.6 is 34.8 Å². The van der Waals surface area contributed by atoms with Crippen LogP contribution in [0.1, 0.15) is 0 Å². The van der Waals surface area contributed by atoms with E-state index in [0.717, 1.165) is 5.69 Å². The SMILES string of the molecule is Oc1ccc(Cl)cc1N1CC=Nc2cc(Cl)c(Cl)cc21. The van der Waals surface area contributed by atoms with E-state index in [1.165, 1.54) is 0 Å². The van der Waals surface area contributed by atoms with E-state index in [9.17, 15) is 5.11 Å². The Morgan fingerprint density at radius 2 is 1.75 bits per heavy atom. The molecule has 0 saturated carbocycles. The predicted molar refractivity (Wildman–Crippen MR) is 84.7 cm³/mol. The summed E-state index contributed by atoms with van der Waals surface area (Å²) in [6, 6.07) is 8.32. The van der Waals surface area contributed by atoms with E-state index in [4.69, 9.17) is 34.8 Å². The number of phenolic OH excluding ortho intramolecular Hbond substituents is 1. The molecule has 20 heavy (non-hydrogen) atoms. The van der Waals surface area contributed by atoms with Crippen molar-refractivity contribution in [1.82, 2.24) is 0 Å². The van der Waals surface area contributed by atoms with Gasteiger partial charge in [-0.1, -0.05) is 34.8 Å². The van der Waals surface area contributed by atoms with Crippen LogP contribution < -0.4 is 4.90 Å². The van der Waals surface area contributed by atoms with Gasteiger partial charge in [0.25, 0.3) is 0 Å². The number of hydrogen-bond acceptors (Lipinski definition) is 3. The van der Waals surface area contributed by atoms with Gasteiger partial charge in [-0.15, -0.1) is 0 Å². The molecule has 3 nitrogen and oxygen atoms in total. The van der Waals surface area contributed by atoms with Crippen molar-refractivity contribution in [2.75, 3.05) is 11.4 Å². The van der Waals surface area contributed by atoms with Gasteiger partial charge in [-0.3, -0.25) is 4.99 Å². The lowest BCUT2D eigenvalue weighted by Crippen LogP contribution is -2.22. The van der Waals surface area contributed by atoms with Crippen LogP contribution in [0.3, 0.4) is 0 Å². The Kier molecular flexibility index (Phi) is 3.50. The summed E-state index contributed by atoms with van der Waals surface area (Å²) in [7, 11) is 0. The standard InChI is InChI=1S/C14H9Cl3N2O/c15-8-1-2-14(20)13(5-8)19-4-3-18-11-6-9(16)10(17)7-12(11)19/h1-3,5-7,20H,4H2. The largest absolute Gasteiger partial charge is 0.506 e.